The van der Waals surface area contributed by atoms with Crippen molar-refractivity contribution in [3.63, 3.8) is 0 Å². The highest BCUT2D eigenvalue weighted by atomic mass is 16.5. The maximum Gasteiger partial charge on any atom is 0.355 e. The lowest BCUT2D eigenvalue weighted by atomic mass is 10.1. The number of rotatable bonds is 7. The van der Waals surface area contributed by atoms with E-state index in [1.807, 2.05) is 37.3 Å². The van der Waals surface area contributed by atoms with E-state index in [9.17, 15) is 19.6 Å². The van der Waals surface area contributed by atoms with Crippen LogP contribution in [0.25, 0.3) is 5.69 Å². The van der Waals surface area contributed by atoms with Crippen LogP contribution in [0, 0.1) is 39.0 Å². The molecule has 0 fully saturated rings. The largest absolute Gasteiger partial charge is 0.462 e. The lowest BCUT2D eigenvalue weighted by molar-refractivity contribution is -0.119. The average molecular weight is 463 g/mol. The molecule has 34 heavy (non-hydrogen) atoms. The molecule has 0 spiro atoms. The third kappa shape index (κ3) is 4.57. The third-order valence-electron chi connectivity index (χ3n) is 5.55. The van der Waals surface area contributed by atoms with E-state index >= 15 is 0 Å². The van der Waals surface area contributed by atoms with Gasteiger partial charge in [-0.05, 0) is 57.9 Å². The van der Waals surface area contributed by atoms with Gasteiger partial charge in [-0.15, -0.1) is 0 Å². The van der Waals surface area contributed by atoms with E-state index in [1.54, 1.807) is 32.3 Å². The predicted octanol–water partition coefficient (Wildman–Crippen LogP) is 3.88. The molecular formula is C25H26N4O5. The van der Waals surface area contributed by atoms with Gasteiger partial charge in [-0.1, -0.05) is 18.2 Å². The number of aromatic amines is 1. The van der Waals surface area contributed by atoms with Crippen LogP contribution >= 0.6 is 0 Å². The molecular weight excluding hydrogens is 436 g/mol. The smallest absolute Gasteiger partial charge is 0.355 e. The summed E-state index contributed by atoms with van der Waals surface area (Å²) in [4.78, 5) is 40.2. The van der Waals surface area contributed by atoms with Gasteiger partial charge in [0.15, 0.2) is 6.61 Å². The maximum absolute atomic E-state index is 12.7. The van der Waals surface area contributed by atoms with Crippen LogP contribution < -0.4 is 5.32 Å². The van der Waals surface area contributed by atoms with Gasteiger partial charge in [-0.3, -0.25) is 9.36 Å². The van der Waals surface area contributed by atoms with Crippen molar-refractivity contribution >= 4 is 23.7 Å². The van der Waals surface area contributed by atoms with Crippen LogP contribution in [0.4, 0.5) is 5.82 Å². The molecule has 9 heteroatoms. The second-order valence-corrected chi connectivity index (χ2v) is 7.69. The summed E-state index contributed by atoms with van der Waals surface area (Å²) in [5, 5.41) is 12.4. The molecule has 2 N–H and O–H groups in total. The minimum Gasteiger partial charge on any atom is -0.462 e. The molecule has 0 aliphatic heterocycles. The second kappa shape index (κ2) is 10.1. The van der Waals surface area contributed by atoms with Crippen molar-refractivity contribution < 1.29 is 23.9 Å². The van der Waals surface area contributed by atoms with Crippen LogP contribution in [0.2, 0.25) is 0 Å². The highest BCUT2D eigenvalue weighted by molar-refractivity contribution is 6.00. The summed E-state index contributed by atoms with van der Waals surface area (Å²) < 4.78 is 12.0. The van der Waals surface area contributed by atoms with E-state index in [0.717, 1.165) is 16.9 Å². The van der Waals surface area contributed by atoms with Crippen molar-refractivity contribution in [2.45, 2.75) is 34.6 Å². The first-order valence-electron chi connectivity index (χ1n) is 10.7. The Morgan fingerprint density at radius 3 is 2.32 bits per heavy atom. The minimum atomic E-state index is -0.780. The molecule has 0 bridgehead atoms. The summed E-state index contributed by atoms with van der Waals surface area (Å²) in [6.45, 7) is 8.23. The summed E-state index contributed by atoms with van der Waals surface area (Å²) in [6.07, 6.45) is 0. The van der Waals surface area contributed by atoms with Gasteiger partial charge in [0.2, 0.25) is 0 Å². The van der Waals surface area contributed by atoms with E-state index in [4.69, 9.17) is 9.47 Å². The van der Waals surface area contributed by atoms with E-state index < -0.39 is 24.5 Å². The Kier molecular flexibility index (Phi) is 7.21. The van der Waals surface area contributed by atoms with Gasteiger partial charge in [-0.25, -0.2) is 9.59 Å². The summed E-state index contributed by atoms with van der Waals surface area (Å²) >= 11 is 0. The molecule has 0 saturated heterocycles. The number of aryl methyl sites for hydroxylation is 1. The standard InChI is InChI=1S/C25H26N4O5/c1-6-33-24(31)21-15(3)22(27-16(21)4)25(32)34-13-20(30)28-23-19(12-26)14(2)17(5)29(23)18-10-8-7-9-11-18/h7-11,27H,6,13H2,1-5H3,(H,28,30). The minimum absolute atomic E-state index is 0.0745. The van der Waals surface area contributed by atoms with Crippen molar-refractivity contribution in [2.24, 2.45) is 0 Å². The number of anilines is 1. The third-order valence-corrected chi connectivity index (χ3v) is 5.55. The van der Waals surface area contributed by atoms with Gasteiger partial charge in [0.05, 0.1) is 17.7 Å². The highest BCUT2D eigenvalue weighted by Gasteiger charge is 2.25. The highest BCUT2D eigenvalue weighted by Crippen LogP contribution is 2.30. The van der Waals surface area contributed by atoms with Crippen molar-refractivity contribution in [1.29, 1.82) is 5.26 Å². The predicted molar refractivity (Wildman–Crippen MR) is 125 cm³/mol. The van der Waals surface area contributed by atoms with Gasteiger partial charge < -0.3 is 19.8 Å². The zero-order valence-electron chi connectivity index (χ0n) is 19.7. The zero-order valence-corrected chi connectivity index (χ0v) is 19.7. The molecule has 0 unspecified atom stereocenters. The van der Waals surface area contributed by atoms with Crippen LogP contribution in [-0.4, -0.2) is 40.6 Å². The van der Waals surface area contributed by atoms with E-state index in [0.29, 0.717) is 22.6 Å². The number of amides is 1. The number of carbonyl (C=O) groups is 3. The number of nitriles is 1. The van der Waals surface area contributed by atoms with Crippen molar-refractivity contribution in [3.05, 3.63) is 69.7 Å². The van der Waals surface area contributed by atoms with Gasteiger partial charge in [0, 0.05) is 17.1 Å². The molecule has 3 rings (SSSR count). The monoisotopic (exact) mass is 462 g/mol. The first kappa shape index (κ1) is 24.3. The Bertz CT molecular complexity index is 1300. The summed E-state index contributed by atoms with van der Waals surface area (Å²) in [5.74, 6) is -1.62. The molecule has 0 radical (unpaired) electrons. The quantitative estimate of drug-likeness (QED) is 0.513. The fraction of sp³-hybridized carbons (Fsp3) is 0.280. The molecule has 9 nitrogen and oxygen atoms in total. The number of para-hydroxylation sites is 1. The zero-order chi connectivity index (χ0) is 25.0. The number of carbonyl (C=O) groups excluding carboxylic acids is 3. The van der Waals surface area contributed by atoms with Crippen molar-refractivity contribution in [3.8, 4) is 11.8 Å². The number of nitrogens with zero attached hydrogens (tertiary/aromatic N) is 2. The number of H-pyrrole nitrogens is 1. The molecule has 0 atom stereocenters. The molecule has 0 saturated carbocycles. The van der Waals surface area contributed by atoms with Crippen LogP contribution in [0.15, 0.2) is 30.3 Å². The molecule has 2 aromatic heterocycles. The lowest BCUT2D eigenvalue weighted by Gasteiger charge is -2.13. The first-order chi connectivity index (χ1) is 16.2. The van der Waals surface area contributed by atoms with Gasteiger partial charge in [0.25, 0.3) is 5.91 Å². The summed E-state index contributed by atoms with van der Waals surface area (Å²) in [5.41, 5.74) is 3.85. The van der Waals surface area contributed by atoms with E-state index in [1.165, 1.54) is 0 Å². The van der Waals surface area contributed by atoms with Crippen molar-refractivity contribution in [2.75, 3.05) is 18.5 Å². The van der Waals surface area contributed by atoms with Crippen molar-refractivity contribution in [1.82, 2.24) is 9.55 Å². The first-order valence-corrected chi connectivity index (χ1v) is 10.7. The van der Waals surface area contributed by atoms with E-state index in [2.05, 4.69) is 16.4 Å². The number of esters is 2. The average Bonchev–Trinajstić information content (AvgIpc) is 3.24. The number of ether oxygens (including phenoxy) is 2. The van der Waals surface area contributed by atoms with Crippen LogP contribution in [0.1, 0.15) is 55.8 Å². The number of aromatic nitrogens is 2. The number of hydrogen-bond donors (Lipinski definition) is 2. The Hall–Kier alpha value is -4.32. The fourth-order valence-corrected chi connectivity index (χ4v) is 3.80. The SMILES string of the molecule is CCOC(=O)c1c(C)[nH]c(C(=O)OCC(=O)Nc2c(C#N)c(C)c(C)n2-c2ccccc2)c1C. The van der Waals surface area contributed by atoms with E-state index in [-0.39, 0.29) is 17.9 Å². The Labute approximate surface area is 197 Å². The maximum atomic E-state index is 12.7. The molecule has 1 aromatic carbocycles. The Morgan fingerprint density at radius 1 is 1.03 bits per heavy atom. The molecule has 1 amide bonds. The fourth-order valence-electron chi connectivity index (χ4n) is 3.80. The molecule has 0 aliphatic rings. The van der Waals surface area contributed by atoms with Gasteiger partial charge >= 0.3 is 11.9 Å². The number of nitrogens with one attached hydrogen (secondary N) is 2. The normalized spacial score (nSPS) is 10.5. The summed E-state index contributed by atoms with van der Waals surface area (Å²) in [7, 11) is 0. The van der Waals surface area contributed by atoms with Gasteiger partial charge in [0.1, 0.15) is 17.6 Å². The Balaban J connectivity index is 1.79. The molecule has 0 aliphatic carbocycles. The Morgan fingerprint density at radius 2 is 1.71 bits per heavy atom. The molecule has 2 heterocycles. The number of benzene rings is 1. The van der Waals surface area contributed by atoms with Gasteiger partial charge in [-0.2, -0.15) is 5.26 Å². The molecule has 176 valence electrons. The second-order valence-electron chi connectivity index (χ2n) is 7.69. The topological polar surface area (TPSA) is 126 Å². The van der Waals surface area contributed by atoms with Crippen LogP contribution in [0.5, 0.6) is 0 Å². The van der Waals surface area contributed by atoms with Crippen LogP contribution in [-0.2, 0) is 14.3 Å². The summed E-state index contributed by atoms with van der Waals surface area (Å²) in [6, 6.07) is 11.4. The lowest BCUT2D eigenvalue weighted by Crippen LogP contribution is -2.23. The molecule has 3 aromatic rings. The number of hydrogen-bond acceptors (Lipinski definition) is 6. The van der Waals surface area contributed by atoms with Crippen LogP contribution in [0.3, 0.4) is 0 Å².